The van der Waals surface area contributed by atoms with Gasteiger partial charge in [0.25, 0.3) is 5.97 Å². The molecule has 16 aromatic carbocycles. The number of carbonyl (C=O) groups excluding carboxylic acids is 4. The second kappa shape index (κ2) is 40.4. The minimum Gasteiger partial charge on any atom is -0.481 e. The number of halogens is 3. The van der Waals surface area contributed by atoms with Crippen LogP contribution in [0.2, 0.25) is 0 Å². The Morgan fingerprint density at radius 1 is 0.382 bits per heavy atom. The van der Waals surface area contributed by atoms with Crippen LogP contribution in [0.3, 0.4) is 0 Å². The van der Waals surface area contributed by atoms with Gasteiger partial charge in [-0.1, -0.05) is 303 Å². The van der Waals surface area contributed by atoms with Gasteiger partial charge in [0.05, 0.1) is 67.8 Å². The number of ether oxygens (including phenoxy) is 4. The van der Waals surface area contributed by atoms with Gasteiger partial charge >= 0.3 is 23.9 Å². The number of benzene rings is 16. The van der Waals surface area contributed by atoms with Crippen LogP contribution >= 0.6 is 44.3 Å². The van der Waals surface area contributed by atoms with Gasteiger partial charge in [0.1, 0.15) is 0 Å². The van der Waals surface area contributed by atoms with E-state index in [0.717, 1.165) is 94.5 Å². The summed E-state index contributed by atoms with van der Waals surface area (Å²) in [6, 6.07) is 107. The summed E-state index contributed by atoms with van der Waals surface area (Å²) >= 11 is 6.90. The summed E-state index contributed by atoms with van der Waals surface area (Å²) in [4.78, 5) is 58.3. The number of nitrogens with zero attached hydrogens (tertiary/aromatic N) is 1. The number of esters is 4. The smallest absolute Gasteiger partial charge is 0.337 e. The SMILES string of the molecule is Brc1cccc2ccccc12.C=C(C)c1ccccc1Cc1ccc2cc(C(=O)OC)ccc2c1.C=C(C)c1ccccc1N.CC(=O)O.COC(=O)c1ccc2c3c(ccc2c1)Cc1ccccc1C3(C)C.COC(=O)c1ccc2c3c(ccc2c1)N(c1cccc2ccccc12)c1ccccc1C3(C)C.COC(=O)c1ccc2cc(Br)ccc2c1.Cl. The van der Waals surface area contributed by atoms with E-state index in [4.69, 9.17) is 29.8 Å². The summed E-state index contributed by atoms with van der Waals surface area (Å²) in [5.41, 5.74) is 26.9. The molecule has 2 aliphatic rings. The fraction of sp³-hybridized carbons (Fsp3) is 0.139. The van der Waals surface area contributed by atoms with Crippen molar-refractivity contribution in [1.82, 2.24) is 0 Å². The third-order valence-corrected chi connectivity index (χ3v) is 23.1. The Labute approximate surface area is 741 Å². The number of hydrogen-bond acceptors (Lipinski definition) is 11. The van der Waals surface area contributed by atoms with Crippen LogP contribution in [-0.2, 0) is 47.4 Å². The maximum absolute atomic E-state index is 12.2. The summed E-state index contributed by atoms with van der Waals surface area (Å²) in [7, 11) is 5.61. The molecule has 0 saturated heterocycles. The standard InChI is InChI=1S/C31H25NO2.2C22H20O2.C12H9BrO2.C10H7Br.C9H11N.C2H4O2.ClH/c1-31(2)25-12-6-7-13-27(25)32(26-14-8-10-20-9-4-5-11-23(20)26)28-18-16-21-19-22(30(33)34-3)15-17-24(21)29(28)31;1-22(2)19-7-5-4-6-15(19)13-16-9-8-14-12-17(21(23)24-3)10-11-18(14)20(16)22;1-15(2)21-7-5-4-6-19(21)13-16-8-9-18-14-20(22(23)24-3)11-10-17(18)12-16;1-15-12(14)10-3-2-9-7-11(13)5-4-8(9)6-10;11-10-7-3-5-8-4-1-2-6-9(8)10;1-7(2)8-5-3-4-6-9(8)10;1-2(3)4;/h4-19H,1-3H3;4-12H,13H2,1-3H3;4-12,14H,1,13H2,2-3H3;2-7H,1H3;1-7H;3-6H,1,10H2,2H3;1H3,(H,3,4);1H. The van der Waals surface area contributed by atoms with Crippen molar-refractivity contribution in [2.45, 2.75) is 72.1 Å². The Kier molecular flexibility index (Phi) is 29.7. The molecule has 16 aromatic rings. The van der Waals surface area contributed by atoms with Gasteiger partial charge in [0, 0.05) is 37.8 Å². The molecule has 0 amide bonds. The molecule has 0 bridgehead atoms. The normalized spacial score (nSPS) is 12.0. The van der Waals surface area contributed by atoms with E-state index in [1.165, 1.54) is 117 Å². The van der Waals surface area contributed by atoms with E-state index >= 15 is 0 Å². The number of fused-ring (bicyclic) bond motifs is 12. The van der Waals surface area contributed by atoms with Crippen molar-refractivity contribution in [2.75, 3.05) is 39.1 Å². The Bertz CT molecular complexity index is 6680. The summed E-state index contributed by atoms with van der Waals surface area (Å²) in [5.74, 6) is -2.06. The summed E-state index contributed by atoms with van der Waals surface area (Å²) in [5, 5.41) is 21.2. The molecule has 3 N–H and O–H groups in total. The van der Waals surface area contributed by atoms with Gasteiger partial charge in [-0.2, -0.15) is 0 Å². The highest BCUT2D eigenvalue weighted by molar-refractivity contribution is 9.11. The molecule has 15 heteroatoms. The van der Waals surface area contributed by atoms with Crippen molar-refractivity contribution in [2.24, 2.45) is 0 Å². The molecule has 12 nitrogen and oxygen atoms in total. The second-order valence-corrected chi connectivity index (χ2v) is 32.7. The number of hydrogen-bond donors (Lipinski definition) is 2. The first-order chi connectivity index (χ1) is 58.6. The number of nitrogen functional groups attached to an aromatic ring is 1. The highest BCUT2D eigenvalue weighted by atomic mass is 79.9. The molecule has 18 rings (SSSR count). The van der Waals surface area contributed by atoms with Gasteiger partial charge in [-0.15, -0.1) is 12.4 Å². The average Bonchev–Trinajstić information content (AvgIpc) is 0.709. The van der Waals surface area contributed by atoms with Crippen molar-refractivity contribution in [1.29, 1.82) is 0 Å². The van der Waals surface area contributed by atoms with Gasteiger partial charge < -0.3 is 34.7 Å². The van der Waals surface area contributed by atoms with Crippen molar-refractivity contribution in [3.05, 3.63) is 415 Å². The molecule has 620 valence electrons. The Balaban J connectivity index is 0.000000149. The average molecular weight is 1780 g/mol. The van der Waals surface area contributed by atoms with Crippen LogP contribution < -0.4 is 10.6 Å². The molecule has 1 heterocycles. The third-order valence-electron chi connectivity index (χ3n) is 21.9. The van der Waals surface area contributed by atoms with Gasteiger partial charge in [0.15, 0.2) is 0 Å². The highest BCUT2D eigenvalue weighted by Crippen LogP contribution is 2.55. The second-order valence-electron chi connectivity index (χ2n) is 30.9. The van der Waals surface area contributed by atoms with Crippen molar-refractivity contribution in [3.8, 4) is 0 Å². The van der Waals surface area contributed by atoms with Crippen molar-refractivity contribution >= 4 is 173 Å². The minimum absolute atomic E-state index is 0. The topological polar surface area (TPSA) is 172 Å². The predicted octanol–water partition coefficient (Wildman–Crippen LogP) is 27.8. The largest absolute Gasteiger partial charge is 0.481 e. The van der Waals surface area contributed by atoms with Gasteiger partial charge in [-0.3, -0.25) is 4.79 Å². The number of carbonyl (C=O) groups is 5. The van der Waals surface area contributed by atoms with Gasteiger partial charge in [-0.25, -0.2) is 19.2 Å². The van der Waals surface area contributed by atoms with E-state index in [1.807, 2.05) is 123 Å². The number of methoxy groups -OCH3 is 4. The number of aliphatic carboxylic acids is 1. The zero-order valence-corrected chi connectivity index (χ0v) is 74.6. The molecule has 1 aliphatic carbocycles. The maximum Gasteiger partial charge on any atom is 0.337 e. The first kappa shape index (κ1) is 90.5. The molecule has 0 saturated carbocycles. The van der Waals surface area contributed by atoms with Crippen LogP contribution in [0.4, 0.5) is 22.7 Å². The highest BCUT2D eigenvalue weighted by Gasteiger charge is 2.39. The van der Waals surface area contributed by atoms with Crippen molar-refractivity contribution in [3.63, 3.8) is 0 Å². The Morgan fingerprint density at radius 2 is 0.797 bits per heavy atom. The third kappa shape index (κ3) is 20.7. The lowest BCUT2D eigenvalue weighted by atomic mass is 9.67. The monoisotopic (exact) mass is 1770 g/mol. The number of carboxylic acids is 1. The summed E-state index contributed by atoms with van der Waals surface area (Å²) in [6.45, 7) is 22.1. The molecule has 0 unspecified atom stereocenters. The first-order valence-corrected chi connectivity index (χ1v) is 41.4. The number of carboxylic acid groups (broad SMARTS) is 1. The zero-order chi connectivity index (χ0) is 87.1. The lowest BCUT2D eigenvalue weighted by Crippen LogP contribution is -2.31. The molecule has 0 fully saturated rings. The Morgan fingerprint density at radius 3 is 1.37 bits per heavy atom. The van der Waals surface area contributed by atoms with E-state index < -0.39 is 5.97 Å². The van der Waals surface area contributed by atoms with E-state index in [9.17, 15) is 19.2 Å². The van der Waals surface area contributed by atoms with Crippen LogP contribution in [0.25, 0.3) is 75.8 Å². The van der Waals surface area contributed by atoms with Gasteiger partial charge in [-0.05, 0) is 238 Å². The van der Waals surface area contributed by atoms with Crippen LogP contribution in [0.15, 0.2) is 338 Å². The molecule has 123 heavy (non-hydrogen) atoms. The van der Waals surface area contributed by atoms with Crippen LogP contribution in [0.1, 0.15) is 146 Å². The van der Waals surface area contributed by atoms with Crippen LogP contribution in [0.5, 0.6) is 0 Å². The Hall–Kier alpha value is -13.2. The van der Waals surface area contributed by atoms with Crippen molar-refractivity contribution < 1.29 is 48.0 Å². The van der Waals surface area contributed by atoms with E-state index in [-0.39, 0.29) is 47.1 Å². The number of nitrogens with two attached hydrogens (primary N) is 1. The number of para-hydroxylation sites is 2. The maximum atomic E-state index is 12.2. The van der Waals surface area contributed by atoms with E-state index in [2.05, 4.69) is 276 Å². The van der Waals surface area contributed by atoms with Crippen LogP contribution in [0, 0.1) is 0 Å². The quantitative estimate of drug-likeness (QED) is 0.0797. The molecular formula is C108H97Br2ClN2O10. The lowest BCUT2D eigenvalue weighted by molar-refractivity contribution is -0.134. The molecule has 0 spiro atoms. The molecule has 0 atom stereocenters. The van der Waals surface area contributed by atoms with E-state index in [1.54, 1.807) is 12.1 Å². The summed E-state index contributed by atoms with van der Waals surface area (Å²) < 4.78 is 21.4. The molecule has 0 radical (unpaired) electrons. The predicted molar refractivity (Wildman–Crippen MR) is 516 cm³/mol. The fourth-order valence-electron chi connectivity index (χ4n) is 16.2. The van der Waals surface area contributed by atoms with E-state index in [0.29, 0.717) is 22.3 Å². The fourth-order valence-corrected chi connectivity index (χ4v) is 17.0. The summed E-state index contributed by atoms with van der Waals surface area (Å²) in [6.07, 6.45) is 1.82. The number of anilines is 4. The molecule has 1 aliphatic heterocycles. The molecular weight excluding hydrogens is 1680 g/mol. The van der Waals surface area contributed by atoms with Gasteiger partial charge in [0.2, 0.25) is 0 Å². The lowest BCUT2D eigenvalue weighted by Gasteiger charge is -2.43. The van der Waals surface area contributed by atoms with Crippen LogP contribution in [-0.4, -0.2) is 63.4 Å². The number of rotatable bonds is 9. The number of allylic oxidation sites excluding steroid dienone is 2. The minimum atomic E-state index is -0.833. The molecule has 0 aromatic heterocycles. The first-order valence-electron chi connectivity index (χ1n) is 39.9. The zero-order valence-electron chi connectivity index (χ0n) is 70.7.